The number of furan rings is 1. The van der Waals surface area contributed by atoms with Gasteiger partial charge in [0.2, 0.25) is 0 Å². The van der Waals surface area contributed by atoms with Gasteiger partial charge in [0.25, 0.3) is 5.91 Å². The summed E-state index contributed by atoms with van der Waals surface area (Å²) in [5.74, 6) is 2.37. The Kier molecular flexibility index (Phi) is 6.19. The molecule has 2 aromatic heterocycles. The average molecular weight is 498 g/mol. The smallest absolute Gasteiger partial charge is 0.253 e. The van der Waals surface area contributed by atoms with E-state index in [1.54, 1.807) is 11.3 Å². The van der Waals surface area contributed by atoms with Gasteiger partial charge < -0.3 is 8.98 Å². The number of hydrogen-bond donors (Lipinski definition) is 0. The fourth-order valence-electron chi connectivity index (χ4n) is 4.52. The maximum atomic E-state index is 13.5. The number of thioether (sulfide) groups is 1. The van der Waals surface area contributed by atoms with Gasteiger partial charge in [0.1, 0.15) is 17.6 Å². The molecule has 0 N–H and O–H groups in total. The zero-order valence-electron chi connectivity index (χ0n) is 20.1. The highest BCUT2D eigenvalue weighted by molar-refractivity contribution is 7.99. The summed E-state index contributed by atoms with van der Waals surface area (Å²) in [6.45, 7) is 2.76. The molecule has 182 valence electrons. The third-order valence-electron chi connectivity index (χ3n) is 6.62. The predicted molar refractivity (Wildman–Crippen MR) is 139 cm³/mol. The van der Waals surface area contributed by atoms with Crippen LogP contribution in [0.2, 0.25) is 0 Å². The summed E-state index contributed by atoms with van der Waals surface area (Å²) >= 11 is 1.42. The highest BCUT2D eigenvalue weighted by Crippen LogP contribution is 2.40. The number of carbonyl (C=O) groups excluding carboxylic acids is 1. The number of aryl methyl sites for hydroxylation is 1. The number of carbonyl (C=O) groups is 1. The Hall–Kier alpha value is -3.65. The van der Waals surface area contributed by atoms with Crippen LogP contribution in [0.4, 0.5) is 0 Å². The molecule has 0 bridgehead atoms. The lowest BCUT2D eigenvalue weighted by molar-refractivity contribution is -0.130. The largest absolute Gasteiger partial charge is 0.467 e. The monoisotopic (exact) mass is 497 g/mol. The molecule has 1 atom stereocenters. The van der Waals surface area contributed by atoms with Crippen LogP contribution in [0.15, 0.2) is 87.7 Å². The van der Waals surface area contributed by atoms with E-state index >= 15 is 0 Å². The van der Waals surface area contributed by atoms with Crippen LogP contribution >= 0.6 is 11.8 Å². The van der Waals surface area contributed by atoms with E-state index in [9.17, 15) is 4.79 Å². The molecule has 0 unspecified atom stereocenters. The van der Waals surface area contributed by atoms with E-state index in [0.717, 1.165) is 40.9 Å². The van der Waals surface area contributed by atoms with Gasteiger partial charge >= 0.3 is 0 Å². The molecule has 1 aliphatic heterocycles. The summed E-state index contributed by atoms with van der Waals surface area (Å²) in [6.07, 6.45) is 4.54. The van der Waals surface area contributed by atoms with Crippen molar-refractivity contribution in [3.05, 3.63) is 101 Å². The molecule has 1 amide bonds. The zero-order valence-corrected chi connectivity index (χ0v) is 20.9. The van der Waals surface area contributed by atoms with Crippen LogP contribution in [-0.4, -0.2) is 37.1 Å². The first kappa shape index (κ1) is 22.8. The van der Waals surface area contributed by atoms with Crippen molar-refractivity contribution in [2.45, 2.75) is 49.8 Å². The molecule has 2 aromatic carbocycles. The molecule has 36 heavy (non-hydrogen) atoms. The Bertz CT molecular complexity index is 1380. The van der Waals surface area contributed by atoms with E-state index < -0.39 is 0 Å². The van der Waals surface area contributed by atoms with Gasteiger partial charge in [-0.2, -0.15) is 5.10 Å². The third kappa shape index (κ3) is 4.73. The minimum atomic E-state index is -0.256. The molecule has 4 aromatic rings. The van der Waals surface area contributed by atoms with Gasteiger partial charge in [0, 0.05) is 12.3 Å². The molecule has 3 heterocycles. The lowest BCUT2D eigenvalue weighted by Gasteiger charge is -2.19. The molecular formula is C28H27N5O2S. The van der Waals surface area contributed by atoms with Crippen LogP contribution in [-0.2, 0) is 11.3 Å². The Morgan fingerprint density at radius 1 is 1.03 bits per heavy atom. The molecule has 1 fully saturated rings. The fraction of sp³-hybridized carbons (Fsp3) is 0.286. The fourth-order valence-corrected chi connectivity index (χ4v) is 5.32. The average Bonchev–Trinajstić information content (AvgIpc) is 3.27. The first-order valence-electron chi connectivity index (χ1n) is 12.3. The van der Waals surface area contributed by atoms with Gasteiger partial charge in [-0.1, -0.05) is 71.9 Å². The summed E-state index contributed by atoms with van der Waals surface area (Å²) in [6, 6.07) is 22.1. The summed E-state index contributed by atoms with van der Waals surface area (Å²) in [5, 5.41) is 16.1. The van der Waals surface area contributed by atoms with Crippen molar-refractivity contribution >= 4 is 23.4 Å². The minimum absolute atomic E-state index is 0.0780. The second-order valence-electron chi connectivity index (χ2n) is 9.36. The van der Waals surface area contributed by atoms with E-state index in [1.165, 1.54) is 22.9 Å². The third-order valence-corrected chi connectivity index (χ3v) is 7.57. The van der Waals surface area contributed by atoms with Crippen LogP contribution in [0, 0.1) is 6.92 Å². The van der Waals surface area contributed by atoms with Crippen molar-refractivity contribution in [3.63, 3.8) is 0 Å². The van der Waals surface area contributed by atoms with Crippen molar-refractivity contribution in [2.24, 2.45) is 5.10 Å². The lowest BCUT2D eigenvalue weighted by Crippen LogP contribution is -2.28. The first-order chi connectivity index (χ1) is 17.7. The number of benzene rings is 2. The summed E-state index contributed by atoms with van der Waals surface area (Å²) in [5.41, 5.74) is 4.29. The number of aromatic nitrogens is 3. The Morgan fingerprint density at radius 2 is 1.83 bits per heavy atom. The van der Waals surface area contributed by atoms with E-state index in [-0.39, 0.29) is 17.7 Å². The highest BCUT2D eigenvalue weighted by Gasteiger charge is 2.35. The first-order valence-corrected chi connectivity index (χ1v) is 13.2. The van der Waals surface area contributed by atoms with Gasteiger partial charge in [-0.15, -0.1) is 10.2 Å². The normalized spacial score (nSPS) is 17.4. The maximum Gasteiger partial charge on any atom is 0.253 e. The topological polar surface area (TPSA) is 76.5 Å². The molecule has 0 spiro atoms. The molecule has 0 saturated heterocycles. The van der Waals surface area contributed by atoms with Gasteiger partial charge in [-0.25, -0.2) is 5.01 Å². The lowest BCUT2D eigenvalue weighted by atomic mass is 10.0. The highest BCUT2D eigenvalue weighted by atomic mass is 32.2. The van der Waals surface area contributed by atoms with E-state index in [0.29, 0.717) is 18.9 Å². The van der Waals surface area contributed by atoms with Crippen LogP contribution in [0.3, 0.4) is 0 Å². The molecule has 2 aliphatic rings. The van der Waals surface area contributed by atoms with E-state index in [1.807, 2.05) is 30.3 Å². The van der Waals surface area contributed by atoms with Crippen LogP contribution in [0.5, 0.6) is 0 Å². The van der Waals surface area contributed by atoms with Gasteiger partial charge in [0.05, 0.1) is 24.3 Å². The predicted octanol–water partition coefficient (Wildman–Crippen LogP) is 5.58. The van der Waals surface area contributed by atoms with Crippen molar-refractivity contribution in [1.29, 1.82) is 0 Å². The number of hydrazone groups is 1. The number of nitrogens with zero attached hydrogens (tertiary/aromatic N) is 5. The zero-order chi connectivity index (χ0) is 24.5. The Labute approximate surface area is 214 Å². The van der Waals surface area contributed by atoms with Gasteiger partial charge in [-0.05, 0) is 43.0 Å². The molecule has 7 nitrogen and oxygen atoms in total. The van der Waals surface area contributed by atoms with Crippen LogP contribution < -0.4 is 0 Å². The second kappa shape index (κ2) is 9.78. The van der Waals surface area contributed by atoms with Crippen molar-refractivity contribution in [1.82, 2.24) is 19.8 Å². The molecule has 6 rings (SSSR count). The molecule has 8 heteroatoms. The van der Waals surface area contributed by atoms with Crippen molar-refractivity contribution < 1.29 is 9.21 Å². The van der Waals surface area contributed by atoms with E-state index in [4.69, 9.17) is 9.52 Å². The molecular weight excluding hydrogens is 470 g/mol. The number of hydrogen-bond acceptors (Lipinski definition) is 6. The summed E-state index contributed by atoms with van der Waals surface area (Å²) in [4.78, 5) is 13.5. The maximum absolute atomic E-state index is 13.5. The molecule has 1 saturated carbocycles. The summed E-state index contributed by atoms with van der Waals surface area (Å²) in [7, 11) is 0. The quantitative estimate of drug-likeness (QED) is 0.297. The van der Waals surface area contributed by atoms with Gasteiger partial charge in [-0.3, -0.25) is 4.79 Å². The van der Waals surface area contributed by atoms with Crippen LogP contribution in [0.25, 0.3) is 0 Å². The van der Waals surface area contributed by atoms with Crippen molar-refractivity contribution in [3.8, 4) is 0 Å². The van der Waals surface area contributed by atoms with Crippen molar-refractivity contribution in [2.75, 3.05) is 5.75 Å². The number of amides is 1. The molecule has 0 radical (unpaired) electrons. The Morgan fingerprint density at radius 3 is 2.56 bits per heavy atom. The summed E-state index contributed by atoms with van der Waals surface area (Å²) < 4.78 is 7.85. The second-order valence-corrected chi connectivity index (χ2v) is 10.3. The van der Waals surface area contributed by atoms with E-state index in [2.05, 4.69) is 58.1 Å². The van der Waals surface area contributed by atoms with Crippen LogP contribution in [0.1, 0.15) is 59.5 Å². The SMILES string of the molecule is Cc1ccc(C2=NN(C(=O)CSc3nnc(C4CC4)n3Cc3ccccc3)[C@@H](c3ccco3)C2)cc1. The minimum Gasteiger partial charge on any atom is -0.467 e. The molecule has 1 aliphatic carbocycles. The number of rotatable bonds is 8. The Balaban J connectivity index is 1.22. The standard InChI is InChI=1S/C28H27N5O2S/c1-19-9-11-21(12-10-19)23-16-24(25-8-5-15-35-25)33(31-23)26(34)18-36-28-30-29-27(22-13-14-22)32(28)17-20-6-3-2-4-7-20/h2-12,15,22,24H,13-14,16-18H2,1H3/t24-/m1/s1. The van der Waals surface area contributed by atoms with Gasteiger partial charge in [0.15, 0.2) is 5.16 Å².